The number of halogens is 1. The van der Waals surface area contributed by atoms with Crippen LogP contribution in [0.25, 0.3) is 0 Å². The molecule has 0 aliphatic rings. The van der Waals surface area contributed by atoms with Crippen LogP contribution in [0.5, 0.6) is 5.75 Å². The molecule has 0 bridgehead atoms. The number of ketones is 1. The third-order valence-electron chi connectivity index (χ3n) is 2.79. The molecule has 0 saturated carbocycles. The molecule has 4 nitrogen and oxygen atoms in total. The van der Waals surface area contributed by atoms with Gasteiger partial charge in [0.15, 0.2) is 5.78 Å². The fourth-order valence-corrected chi connectivity index (χ4v) is 1.78. The molecule has 0 fully saturated rings. The second-order valence-corrected chi connectivity index (χ2v) is 4.45. The van der Waals surface area contributed by atoms with E-state index in [1.54, 1.807) is 0 Å². The van der Waals surface area contributed by atoms with E-state index in [2.05, 4.69) is 0 Å². The van der Waals surface area contributed by atoms with Crippen molar-refractivity contribution in [3.63, 3.8) is 0 Å². The number of Topliss-reactive ketones (excluding diaryl/α,β-unsaturated/α-hetero) is 1. The predicted octanol–water partition coefficient (Wildman–Crippen LogP) is 2.20. The summed E-state index contributed by atoms with van der Waals surface area (Å²) in [5.74, 6) is -1.01. The van der Waals surface area contributed by atoms with E-state index in [4.69, 9.17) is 4.74 Å². The van der Waals surface area contributed by atoms with Gasteiger partial charge in [0.2, 0.25) is 0 Å². The number of rotatable bonds is 7. The van der Waals surface area contributed by atoms with E-state index in [0.29, 0.717) is 31.9 Å². The lowest BCUT2D eigenvalue weighted by molar-refractivity contribution is 0.101. The Morgan fingerprint density at radius 2 is 2.16 bits per heavy atom. The van der Waals surface area contributed by atoms with Crippen LogP contribution in [0.3, 0.4) is 0 Å². The molecule has 106 valence electrons. The van der Waals surface area contributed by atoms with E-state index in [9.17, 15) is 14.3 Å². The van der Waals surface area contributed by atoms with Crippen molar-refractivity contribution in [2.75, 3.05) is 26.8 Å². The monoisotopic (exact) mass is 269 g/mol. The molecule has 0 aromatic heterocycles. The standard InChI is InChI=1S/C14H20FNO3/c1-4-19-6-5-16(3)9-11-7-12(15)8-13(10(2)17)14(11)18/h7-8,18H,4-6,9H2,1-3H3. The summed E-state index contributed by atoms with van der Waals surface area (Å²) in [5.41, 5.74) is 0.428. The number of benzene rings is 1. The van der Waals surface area contributed by atoms with Gasteiger partial charge in [-0.1, -0.05) is 0 Å². The number of carbonyl (C=O) groups excluding carboxylic acids is 1. The molecule has 0 radical (unpaired) electrons. The first-order chi connectivity index (χ1) is 8.95. The molecule has 0 heterocycles. The SMILES string of the molecule is CCOCCN(C)Cc1cc(F)cc(C(C)=O)c1O. The van der Waals surface area contributed by atoms with E-state index >= 15 is 0 Å². The Bertz CT molecular complexity index is 449. The zero-order chi connectivity index (χ0) is 14.4. The zero-order valence-corrected chi connectivity index (χ0v) is 11.6. The normalized spacial score (nSPS) is 11.0. The Morgan fingerprint density at radius 3 is 2.74 bits per heavy atom. The van der Waals surface area contributed by atoms with Crippen LogP contribution < -0.4 is 0 Å². The number of phenolic OH excluding ortho intramolecular Hbond substituents is 1. The van der Waals surface area contributed by atoms with E-state index in [1.807, 2.05) is 18.9 Å². The second-order valence-electron chi connectivity index (χ2n) is 4.45. The zero-order valence-electron chi connectivity index (χ0n) is 11.6. The first kappa shape index (κ1) is 15.6. The minimum absolute atomic E-state index is 0.0215. The van der Waals surface area contributed by atoms with Crippen LogP contribution in [0.1, 0.15) is 29.8 Å². The minimum atomic E-state index is -0.517. The van der Waals surface area contributed by atoms with Crippen LogP contribution in [0.15, 0.2) is 12.1 Å². The van der Waals surface area contributed by atoms with Crippen LogP contribution in [-0.2, 0) is 11.3 Å². The lowest BCUT2D eigenvalue weighted by atomic mass is 10.1. The molecule has 19 heavy (non-hydrogen) atoms. The van der Waals surface area contributed by atoms with Crippen molar-refractivity contribution in [2.45, 2.75) is 20.4 Å². The van der Waals surface area contributed by atoms with Crippen molar-refractivity contribution in [1.82, 2.24) is 4.90 Å². The Hall–Kier alpha value is -1.46. The van der Waals surface area contributed by atoms with Gasteiger partial charge < -0.3 is 9.84 Å². The van der Waals surface area contributed by atoms with Crippen molar-refractivity contribution >= 4 is 5.78 Å². The maximum Gasteiger partial charge on any atom is 0.163 e. The minimum Gasteiger partial charge on any atom is -0.507 e. The largest absolute Gasteiger partial charge is 0.507 e. The molecular formula is C14H20FNO3. The smallest absolute Gasteiger partial charge is 0.163 e. The fourth-order valence-electron chi connectivity index (χ4n) is 1.78. The van der Waals surface area contributed by atoms with E-state index in [0.717, 1.165) is 6.07 Å². The molecule has 1 aromatic rings. The average Bonchev–Trinajstić information content (AvgIpc) is 2.33. The van der Waals surface area contributed by atoms with Crippen molar-refractivity contribution in [3.05, 3.63) is 29.1 Å². The molecule has 1 N–H and O–H groups in total. The Kier molecular flexibility index (Phi) is 5.92. The summed E-state index contributed by atoms with van der Waals surface area (Å²) in [6.45, 7) is 5.46. The molecule has 1 rings (SSSR count). The van der Waals surface area contributed by atoms with Gasteiger partial charge in [0, 0.05) is 25.3 Å². The van der Waals surface area contributed by atoms with Gasteiger partial charge in [-0.15, -0.1) is 0 Å². The van der Waals surface area contributed by atoms with Gasteiger partial charge in [0.1, 0.15) is 11.6 Å². The summed E-state index contributed by atoms with van der Waals surface area (Å²) < 4.78 is 18.6. The Morgan fingerprint density at radius 1 is 1.47 bits per heavy atom. The molecule has 0 aliphatic carbocycles. The molecule has 5 heteroatoms. The maximum atomic E-state index is 13.4. The summed E-state index contributed by atoms with van der Waals surface area (Å²) in [6, 6.07) is 2.31. The quantitative estimate of drug-likeness (QED) is 0.609. The van der Waals surface area contributed by atoms with Crippen molar-refractivity contribution in [2.24, 2.45) is 0 Å². The molecule has 0 spiro atoms. The molecule has 0 aliphatic heterocycles. The molecule has 0 saturated heterocycles. The molecular weight excluding hydrogens is 249 g/mol. The molecule has 1 aromatic carbocycles. The summed E-state index contributed by atoms with van der Waals surface area (Å²) in [7, 11) is 1.84. The molecule has 0 amide bonds. The number of phenols is 1. The molecule has 0 unspecified atom stereocenters. The van der Waals surface area contributed by atoms with Gasteiger partial charge >= 0.3 is 0 Å². The van der Waals surface area contributed by atoms with E-state index in [-0.39, 0.29) is 17.1 Å². The number of likely N-dealkylation sites (N-methyl/N-ethyl adjacent to an activating group) is 1. The fraction of sp³-hybridized carbons (Fsp3) is 0.500. The number of carbonyl (C=O) groups is 1. The first-order valence-electron chi connectivity index (χ1n) is 6.24. The third kappa shape index (κ3) is 4.61. The highest BCUT2D eigenvalue weighted by atomic mass is 19.1. The van der Waals surface area contributed by atoms with E-state index in [1.165, 1.54) is 13.0 Å². The van der Waals surface area contributed by atoms with Crippen LogP contribution in [0.2, 0.25) is 0 Å². The summed E-state index contributed by atoms with van der Waals surface area (Å²) in [5, 5.41) is 9.96. The van der Waals surface area contributed by atoms with Crippen molar-refractivity contribution in [1.29, 1.82) is 0 Å². The van der Waals surface area contributed by atoms with Crippen LogP contribution in [-0.4, -0.2) is 42.6 Å². The lowest BCUT2D eigenvalue weighted by Crippen LogP contribution is -2.23. The Labute approximate surface area is 112 Å². The third-order valence-corrected chi connectivity index (χ3v) is 2.79. The van der Waals surface area contributed by atoms with Gasteiger partial charge in [0.25, 0.3) is 0 Å². The first-order valence-corrected chi connectivity index (χ1v) is 6.24. The average molecular weight is 269 g/mol. The van der Waals surface area contributed by atoms with Gasteiger partial charge in [-0.05, 0) is 33.0 Å². The van der Waals surface area contributed by atoms with Crippen LogP contribution in [0, 0.1) is 5.82 Å². The summed E-state index contributed by atoms with van der Waals surface area (Å²) in [6.07, 6.45) is 0. The Balaban J connectivity index is 2.80. The number of aromatic hydroxyl groups is 1. The highest BCUT2D eigenvalue weighted by molar-refractivity contribution is 5.97. The number of nitrogens with zero attached hydrogens (tertiary/aromatic N) is 1. The van der Waals surface area contributed by atoms with Crippen molar-refractivity contribution < 1.29 is 19.0 Å². The number of hydrogen-bond acceptors (Lipinski definition) is 4. The summed E-state index contributed by atoms with van der Waals surface area (Å²) in [4.78, 5) is 13.2. The van der Waals surface area contributed by atoms with Crippen LogP contribution >= 0.6 is 0 Å². The van der Waals surface area contributed by atoms with Gasteiger partial charge in [0.05, 0.1) is 12.2 Å². The topological polar surface area (TPSA) is 49.8 Å². The highest BCUT2D eigenvalue weighted by Gasteiger charge is 2.14. The van der Waals surface area contributed by atoms with Gasteiger partial charge in [-0.3, -0.25) is 9.69 Å². The van der Waals surface area contributed by atoms with Crippen LogP contribution in [0.4, 0.5) is 4.39 Å². The van der Waals surface area contributed by atoms with Gasteiger partial charge in [-0.25, -0.2) is 4.39 Å². The number of ether oxygens (including phenoxy) is 1. The van der Waals surface area contributed by atoms with Crippen molar-refractivity contribution in [3.8, 4) is 5.75 Å². The number of hydrogen-bond donors (Lipinski definition) is 1. The predicted molar refractivity (Wildman–Crippen MR) is 70.9 cm³/mol. The maximum absolute atomic E-state index is 13.4. The molecule has 0 atom stereocenters. The highest BCUT2D eigenvalue weighted by Crippen LogP contribution is 2.25. The van der Waals surface area contributed by atoms with E-state index < -0.39 is 5.82 Å². The lowest BCUT2D eigenvalue weighted by Gasteiger charge is -2.18. The van der Waals surface area contributed by atoms with Gasteiger partial charge in [-0.2, -0.15) is 0 Å². The second kappa shape index (κ2) is 7.21. The summed E-state index contributed by atoms with van der Waals surface area (Å²) >= 11 is 0.